The third-order valence-corrected chi connectivity index (χ3v) is 3.39. The van der Waals surface area contributed by atoms with Crippen LogP contribution in [0.3, 0.4) is 0 Å². The minimum atomic E-state index is -1.42. The Hall–Kier alpha value is -3.16. The minimum absolute atomic E-state index is 0.0193. The van der Waals surface area contributed by atoms with Gasteiger partial charge in [0.05, 0.1) is 18.8 Å². The molecule has 26 heavy (non-hydrogen) atoms. The molecule has 0 aliphatic rings. The number of carbonyl (C=O) groups is 2. The molecule has 0 aliphatic heterocycles. The molecule has 1 atom stereocenters. The standard InChI is InChI=1S/C18H19FN2O5/c1-10(2)26-15-7-5-12(9-20-15)17(22)21-16(18(23)24)11-4-6-14(25-3)13(19)8-11/h4-10,16H,1-3H3,(H,21,22)(H,23,24). The van der Waals surface area contributed by atoms with Crippen LogP contribution in [0.25, 0.3) is 0 Å². The second-order valence-corrected chi connectivity index (χ2v) is 5.69. The average Bonchev–Trinajstić information content (AvgIpc) is 2.59. The fourth-order valence-electron chi connectivity index (χ4n) is 2.19. The Morgan fingerprint density at radius 3 is 2.46 bits per heavy atom. The minimum Gasteiger partial charge on any atom is -0.494 e. The maximum atomic E-state index is 13.8. The van der Waals surface area contributed by atoms with Gasteiger partial charge < -0.3 is 19.9 Å². The molecule has 2 aromatic rings. The van der Waals surface area contributed by atoms with E-state index in [0.29, 0.717) is 5.88 Å². The first kappa shape index (κ1) is 19.2. The van der Waals surface area contributed by atoms with Crippen molar-refractivity contribution in [1.29, 1.82) is 0 Å². The maximum absolute atomic E-state index is 13.8. The van der Waals surface area contributed by atoms with Crippen LogP contribution in [0.15, 0.2) is 36.5 Å². The van der Waals surface area contributed by atoms with E-state index in [-0.39, 0.29) is 23.0 Å². The highest BCUT2D eigenvalue weighted by molar-refractivity contribution is 5.96. The molecule has 1 aromatic carbocycles. The van der Waals surface area contributed by atoms with Crippen molar-refractivity contribution in [2.24, 2.45) is 0 Å². The van der Waals surface area contributed by atoms with Crippen molar-refractivity contribution in [3.63, 3.8) is 0 Å². The van der Waals surface area contributed by atoms with E-state index in [9.17, 15) is 19.1 Å². The molecule has 0 spiro atoms. The van der Waals surface area contributed by atoms with Gasteiger partial charge in [-0.05, 0) is 37.6 Å². The van der Waals surface area contributed by atoms with E-state index in [4.69, 9.17) is 9.47 Å². The first-order valence-corrected chi connectivity index (χ1v) is 7.81. The molecule has 0 radical (unpaired) electrons. The molecule has 138 valence electrons. The second kappa shape index (κ2) is 8.28. The SMILES string of the molecule is COc1ccc(C(NC(=O)c2ccc(OC(C)C)nc2)C(=O)O)cc1F. The van der Waals surface area contributed by atoms with E-state index < -0.39 is 23.7 Å². The second-order valence-electron chi connectivity index (χ2n) is 5.69. The van der Waals surface area contributed by atoms with Crippen molar-refractivity contribution in [3.05, 3.63) is 53.5 Å². The summed E-state index contributed by atoms with van der Waals surface area (Å²) in [6.07, 6.45) is 1.21. The molecule has 0 fully saturated rings. The van der Waals surface area contributed by atoms with Crippen LogP contribution < -0.4 is 14.8 Å². The summed E-state index contributed by atoms with van der Waals surface area (Å²) in [6, 6.07) is 5.24. The maximum Gasteiger partial charge on any atom is 0.330 e. The molecule has 2 N–H and O–H groups in total. The van der Waals surface area contributed by atoms with Crippen LogP contribution in [0.4, 0.5) is 4.39 Å². The molecule has 0 saturated carbocycles. The summed E-state index contributed by atoms with van der Waals surface area (Å²) in [5.41, 5.74) is 0.234. The predicted octanol–water partition coefficient (Wildman–Crippen LogP) is 2.57. The predicted molar refractivity (Wildman–Crippen MR) is 90.8 cm³/mol. The lowest BCUT2D eigenvalue weighted by Gasteiger charge is -2.16. The van der Waals surface area contributed by atoms with E-state index in [2.05, 4.69) is 10.3 Å². The summed E-state index contributed by atoms with van der Waals surface area (Å²) in [4.78, 5) is 27.8. The lowest BCUT2D eigenvalue weighted by Crippen LogP contribution is -2.33. The summed E-state index contributed by atoms with van der Waals surface area (Å²) in [6.45, 7) is 3.68. The number of ether oxygens (including phenoxy) is 2. The number of aliphatic carboxylic acids is 1. The Labute approximate surface area is 149 Å². The van der Waals surface area contributed by atoms with Gasteiger partial charge in [0.2, 0.25) is 5.88 Å². The van der Waals surface area contributed by atoms with Crippen LogP contribution in [-0.4, -0.2) is 35.2 Å². The van der Waals surface area contributed by atoms with Crippen molar-refractivity contribution in [3.8, 4) is 11.6 Å². The first-order chi connectivity index (χ1) is 12.3. The first-order valence-electron chi connectivity index (χ1n) is 7.81. The number of rotatable bonds is 7. The number of hydrogen-bond acceptors (Lipinski definition) is 5. The molecular weight excluding hydrogens is 343 g/mol. The zero-order valence-corrected chi connectivity index (χ0v) is 14.5. The Kier molecular flexibility index (Phi) is 6.11. The average molecular weight is 362 g/mol. The number of carbonyl (C=O) groups excluding carboxylic acids is 1. The summed E-state index contributed by atoms with van der Waals surface area (Å²) in [5, 5.41) is 11.7. The smallest absolute Gasteiger partial charge is 0.330 e. The van der Waals surface area contributed by atoms with Gasteiger partial charge in [-0.15, -0.1) is 0 Å². The molecule has 1 unspecified atom stereocenters. The summed E-state index contributed by atoms with van der Waals surface area (Å²) >= 11 is 0. The van der Waals surface area contributed by atoms with Gasteiger partial charge >= 0.3 is 5.97 Å². The van der Waals surface area contributed by atoms with Gasteiger partial charge in [0, 0.05) is 12.3 Å². The molecule has 2 rings (SSSR count). The van der Waals surface area contributed by atoms with Crippen LogP contribution in [0.2, 0.25) is 0 Å². The number of benzene rings is 1. The zero-order valence-electron chi connectivity index (χ0n) is 14.5. The molecule has 1 amide bonds. The molecule has 0 bridgehead atoms. The fourth-order valence-corrected chi connectivity index (χ4v) is 2.19. The number of nitrogens with zero attached hydrogens (tertiary/aromatic N) is 1. The van der Waals surface area contributed by atoms with Crippen LogP contribution in [0.5, 0.6) is 11.6 Å². The number of carboxylic acid groups (broad SMARTS) is 1. The molecule has 0 saturated heterocycles. The van der Waals surface area contributed by atoms with Gasteiger partial charge in [-0.1, -0.05) is 6.07 Å². The Morgan fingerprint density at radius 1 is 1.23 bits per heavy atom. The van der Waals surface area contributed by atoms with Crippen molar-refractivity contribution >= 4 is 11.9 Å². The van der Waals surface area contributed by atoms with E-state index in [1.807, 2.05) is 13.8 Å². The lowest BCUT2D eigenvalue weighted by atomic mass is 10.1. The largest absolute Gasteiger partial charge is 0.494 e. The number of methoxy groups -OCH3 is 1. The monoisotopic (exact) mass is 362 g/mol. The van der Waals surface area contributed by atoms with Gasteiger partial charge in [0.1, 0.15) is 0 Å². The number of carboxylic acids is 1. The number of aromatic nitrogens is 1. The van der Waals surface area contributed by atoms with Crippen molar-refractivity contribution in [2.45, 2.75) is 26.0 Å². The van der Waals surface area contributed by atoms with Crippen molar-refractivity contribution in [2.75, 3.05) is 7.11 Å². The van der Waals surface area contributed by atoms with E-state index in [1.54, 1.807) is 0 Å². The molecule has 1 heterocycles. The van der Waals surface area contributed by atoms with E-state index >= 15 is 0 Å². The van der Waals surface area contributed by atoms with E-state index in [0.717, 1.165) is 6.07 Å². The highest BCUT2D eigenvalue weighted by Gasteiger charge is 2.24. The summed E-state index contributed by atoms with van der Waals surface area (Å²) in [7, 11) is 1.30. The van der Waals surface area contributed by atoms with Gasteiger partial charge in [0.15, 0.2) is 17.6 Å². The molecule has 7 nitrogen and oxygen atoms in total. The lowest BCUT2D eigenvalue weighted by molar-refractivity contribution is -0.139. The Bertz CT molecular complexity index is 793. The molecule has 1 aromatic heterocycles. The summed E-state index contributed by atoms with van der Waals surface area (Å²) in [5.74, 6) is -2.37. The van der Waals surface area contributed by atoms with Crippen LogP contribution >= 0.6 is 0 Å². The molecular formula is C18H19FN2O5. The topological polar surface area (TPSA) is 97.8 Å². The molecule has 0 aliphatic carbocycles. The number of nitrogens with one attached hydrogen (secondary N) is 1. The fraction of sp³-hybridized carbons (Fsp3) is 0.278. The van der Waals surface area contributed by atoms with Crippen molar-refractivity contribution in [1.82, 2.24) is 10.3 Å². The normalized spacial score (nSPS) is 11.7. The third-order valence-electron chi connectivity index (χ3n) is 3.39. The quantitative estimate of drug-likeness (QED) is 0.786. The van der Waals surface area contributed by atoms with Crippen LogP contribution in [0, 0.1) is 5.82 Å². The third kappa shape index (κ3) is 4.69. The highest BCUT2D eigenvalue weighted by atomic mass is 19.1. The van der Waals surface area contributed by atoms with Gasteiger partial charge in [0.25, 0.3) is 5.91 Å². The van der Waals surface area contributed by atoms with E-state index in [1.165, 1.54) is 37.6 Å². The number of halogens is 1. The van der Waals surface area contributed by atoms with Crippen molar-refractivity contribution < 1.29 is 28.6 Å². The highest BCUT2D eigenvalue weighted by Crippen LogP contribution is 2.22. The number of hydrogen-bond donors (Lipinski definition) is 2. The van der Waals surface area contributed by atoms with Gasteiger partial charge in [-0.25, -0.2) is 14.2 Å². The Balaban J connectivity index is 2.18. The number of pyridine rings is 1. The zero-order chi connectivity index (χ0) is 19.3. The van der Waals surface area contributed by atoms with Gasteiger partial charge in [-0.2, -0.15) is 0 Å². The summed E-state index contributed by atoms with van der Waals surface area (Å²) < 4.78 is 24.0. The number of amides is 1. The van der Waals surface area contributed by atoms with Crippen LogP contribution in [-0.2, 0) is 4.79 Å². The Morgan fingerprint density at radius 2 is 1.96 bits per heavy atom. The molecule has 8 heteroatoms. The van der Waals surface area contributed by atoms with Crippen LogP contribution in [0.1, 0.15) is 35.8 Å². The van der Waals surface area contributed by atoms with Gasteiger partial charge in [-0.3, -0.25) is 4.79 Å².